The summed E-state index contributed by atoms with van der Waals surface area (Å²) in [4.78, 5) is 30.4. The largest absolute Gasteiger partial charge is 0.471 e. The number of hydrogen-bond donors (Lipinski definition) is 3. The molecule has 0 unspecified atom stereocenters. The molecule has 0 radical (unpaired) electrons. The molecule has 0 saturated carbocycles. The number of rotatable bonds is 5. The number of hydrogen-bond acceptors (Lipinski definition) is 7. The molecule has 1 fully saturated rings. The quantitative estimate of drug-likeness (QED) is 0.384. The minimum atomic E-state index is -4.87. The summed E-state index contributed by atoms with van der Waals surface area (Å²) in [6.07, 6.45) is -3.24. The standard InChI is InChI=1S/C23H20F3N7O3/c24-23(25,26)22(35)33-10-8-32(9-11-33)14-6-4-13(5-7-14)29-21-18(19(27)34)30-20(36-21)15-2-1-3-17-16(15)12-28-31-17/h1-7,12,29H,8-11H2,(H2,27,34)(H,28,31). The fourth-order valence-electron chi connectivity index (χ4n) is 4.08. The normalized spacial score (nSPS) is 14.3. The van der Waals surface area contributed by atoms with Crippen molar-refractivity contribution in [3.05, 3.63) is 54.4 Å². The number of alkyl halides is 3. The second-order valence-corrected chi connectivity index (χ2v) is 8.15. The third kappa shape index (κ3) is 4.42. The molecule has 2 amide bonds. The Morgan fingerprint density at radius 3 is 2.44 bits per heavy atom. The number of halogens is 3. The van der Waals surface area contributed by atoms with Crippen LogP contribution in [-0.2, 0) is 4.79 Å². The first kappa shape index (κ1) is 23.2. The first-order valence-electron chi connectivity index (χ1n) is 10.9. The van der Waals surface area contributed by atoms with Gasteiger partial charge in [-0.15, -0.1) is 0 Å². The predicted molar refractivity (Wildman–Crippen MR) is 125 cm³/mol. The van der Waals surface area contributed by atoms with E-state index >= 15 is 0 Å². The van der Waals surface area contributed by atoms with Crippen LogP contribution >= 0.6 is 0 Å². The molecule has 2 aromatic carbocycles. The number of primary amides is 1. The number of aromatic nitrogens is 3. The molecular weight excluding hydrogens is 479 g/mol. The van der Waals surface area contributed by atoms with Crippen molar-refractivity contribution < 1.29 is 27.2 Å². The third-order valence-electron chi connectivity index (χ3n) is 5.88. The van der Waals surface area contributed by atoms with Crippen molar-refractivity contribution in [2.45, 2.75) is 6.18 Å². The van der Waals surface area contributed by atoms with Crippen molar-refractivity contribution in [1.82, 2.24) is 20.1 Å². The molecule has 186 valence electrons. The van der Waals surface area contributed by atoms with Gasteiger partial charge >= 0.3 is 12.1 Å². The van der Waals surface area contributed by atoms with Gasteiger partial charge in [-0.2, -0.15) is 18.3 Å². The number of nitrogens with two attached hydrogens (primary N) is 1. The van der Waals surface area contributed by atoms with Gasteiger partial charge in [-0.3, -0.25) is 14.7 Å². The van der Waals surface area contributed by atoms with E-state index in [9.17, 15) is 22.8 Å². The summed E-state index contributed by atoms with van der Waals surface area (Å²) >= 11 is 0. The Bertz CT molecular complexity index is 1420. The predicted octanol–water partition coefficient (Wildman–Crippen LogP) is 3.27. The summed E-state index contributed by atoms with van der Waals surface area (Å²) in [7, 11) is 0. The first-order chi connectivity index (χ1) is 17.2. The maximum absolute atomic E-state index is 12.7. The number of amides is 2. The van der Waals surface area contributed by atoms with E-state index in [1.807, 2.05) is 11.0 Å². The Labute approximate surface area is 201 Å². The van der Waals surface area contributed by atoms with Crippen LogP contribution in [0.3, 0.4) is 0 Å². The van der Waals surface area contributed by atoms with Crippen LogP contribution in [0.5, 0.6) is 0 Å². The van der Waals surface area contributed by atoms with Gasteiger partial charge in [0.1, 0.15) is 0 Å². The summed E-state index contributed by atoms with van der Waals surface area (Å²) < 4.78 is 43.8. The van der Waals surface area contributed by atoms with Crippen molar-refractivity contribution in [1.29, 1.82) is 0 Å². The Morgan fingerprint density at radius 2 is 1.78 bits per heavy atom. The van der Waals surface area contributed by atoms with Gasteiger partial charge < -0.3 is 25.3 Å². The Morgan fingerprint density at radius 1 is 1.06 bits per heavy atom. The lowest BCUT2D eigenvalue weighted by Crippen LogP contribution is -2.52. The smallest absolute Gasteiger partial charge is 0.419 e. The lowest BCUT2D eigenvalue weighted by Gasteiger charge is -2.36. The number of piperazine rings is 1. The molecule has 4 aromatic rings. The number of H-pyrrole nitrogens is 1. The minimum absolute atomic E-state index is 0.0232. The van der Waals surface area contributed by atoms with Crippen molar-refractivity contribution in [3.63, 3.8) is 0 Å². The van der Waals surface area contributed by atoms with Crippen LogP contribution in [0.4, 0.5) is 30.4 Å². The van der Waals surface area contributed by atoms with Gasteiger partial charge in [-0.25, -0.2) is 4.98 Å². The lowest BCUT2D eigenvalue weighted by atomic mass is 10.1. The lowest BCUT2D eigenvalue weighted by molar-refractivity contribution is -0.185. The number of benzene rings is 2. The van der Waals surface area contributed by atoms with Crippen molar-refractivity contribution >= 4 is 40.0 Å². The number of anilines is 3. The van der Waals surface area contributed by atoms with Crippen LogP contribution in [0.1, 0.15) is 10.5 Å². The van der Waals surface area contributed by atoms with E-state index in [0.717, 1.165) is 21.5 Å². The molecule has 1 aliphatic rings. The van der Waals surface area contributed by atoms with E-state index in [1.54, 1.807) is 42.6 Å². The molecule has 13 heteroatoms. The summed E-state index contributed by atoms with van der Waals surface area (Å²) in [6.45, 7) is 0.492. The SMILES string of the molecule is NC(=O)c1nc(-c2cccc3[nH]ncc23)oc1Nc1ccc(N2CCN(C(=O)C(F)(F)F)CC2)cc1. The summed E-state index contributed by atoms with van der Waals surface area (Å²) in [5, 5.41) is 10.6. The third-order valence-corrected chi connectivity index (χ3v) is 5.88. The van der Waals surface area contributed by atoms with Crippen LogP contribution in [0.15, 0.2) is 53.1 Å². The molecule has 5 rings (SSSR count). The Hall–Kier alpha value is -4.55. The first-order valence-corrected chi connectivity index (χ1v) is 10.9. The molecule has 1 aliphatic heterocycles. The fraction of sp³-hybridized carbons (Fsp3) is 0.217. The minimum Gasteiger partial charge on any atom is -0.419 e. The van der Waals surface area contributed by atoms with Gasteiger partial charge in [0, 0.05) is 48.5 Å². The van der Waals surface area contributed by atoms with Gasteiger partial charge in [0.2, 0.25) is 11.8 Å². The van der Waals surface area contributed by atoms with Crippen LogP contribution in [0.25, 0.3) is 22.4 Å². The zero-order valence-corrected chi connectivity index (χ0v) is 18.7. The van der Waals surface area contributed by atoms with E-state index in [2.05, 4.69) is 20.5 Å². The average molecular weight is 499 g/mol. The highest BCUT2D eigenvalue weighted by molar-refractivity contribution is 5.98. The molecule has 36 heavy (non-hydrogen) atoms. The second-order valence-electron chi connectivity index (χ2n) is 8.15. The number of fused-ring (bicyclic) bond motifs is 1. The number of oxazole rings is 1. The van der Waals surface area contributed by atoms with Crippen LogP contribution in [-0.4, -0.2) is 64.3 Å². The van der Waals surface area contributed by atoms with Crippen molar-refractivity contribution in [2.75, 3.05) is 36.4 Å². The van der Waals surface area contributed by atoms with Gasteiger partial charge in [0.25, 0.3) is 5.91 Å². The molecule has 1 saturated heterocycles. The molecule has 0 bridgehead atoms. The van der Waals surface area contributed by atoms with E-state index < -0.39 is 18.0 Å². The molecule has 0 atom stereocenters. The molecule has 4 N–H and O–H groups in total. The van der Waals surface area contributed by atoms with Crippen LogP contribution in [0.2, 0.25) is 0 Å². The highest BCUT2D eigenvalue weighted by Crippen LogP contribution is 2.32. The van der Waals surface area contributed by atoms with Gasteiger partial charge in [-0.1, -0.05) is 6.07 Å². The van der Waals surface area contributed by atoms with Crippen molar-refractivity contribution in [3.8, 4) is 11.5 Å². The Balaban J connectivity index is 1.31. The van der Waals surface area contributed by atoms with E-state index in [-0.39, 0.29) is 43.6 Å². The molecule has 0 aliphatic carbocycles. The van der Waals surface area contributed by atoms with E-state index in [1.165, 1.54) is 0 Å². The maximum Gasteiger partial charge on any atom is 0.471 e. The van der Waals surface area contributed by atoms with Gasteiger partial charge in [0.15, 0.2) is 5.69 Å². The van der Waals surface area contributed by atoms with Gasteiger partial charge in [0.05, 0.1) is 11.7 Å². The number of nitrogens with zero attached hydrogens (tertiary/aromatic N) is 4. The fourth-order valence-corrected chi connectivity index (χ4v) is 4.08. The highest BCUT2D eigenvalue weighted by Gasteiger charge is 2.43. The topological polar surface area (TPSA) is 133 Å². The van der Waals surface area contributed by atoms with E-state index in [4.69, 9.17) is 10.2 Å². The molecule has 3 heterocycles. The molecule has 10 nitrogen and oxygen atoms in total. The number of nitrogens with one attached hydrogen (secondary N) is 2. The summed E-state index contributed by atoms with van der Waals surface area (Å²) in [5.41, 5.74) is 8.21. The molecular formula is C23H20F3N7O3. The zero-order valence-electron chi connectivity index (χ0n) is 18.7. The molecule has 0 spiro atoms. The zero-order chi connectivity index (χ0) is 25.4. The summed E-state index contributed by atoms with van der Waals surface area (Å²) in [5.74, 6) is -2.32. The monoisotopic (exact) mass is 499 g/mol. The van der Waals surface area contributed by atoms with Crippen LogP contribution < -0.4 is 16.0 Å². The Kier molecular flexibility index (Phi) is 5.74. The molecule has 2 aromatic heterocycles. The maximum atomic E-state index is 12.7. The van der Waals surface area contributed by atoms with E-state index in [0.29, 0.717) is 11.3 Å². The highest BCUT2D eigenvalue weighted by atomic mass is 19.4. The number of carbonyl (C=O) groups is 2. The van der Waals surface area contributed by atoms with Gasteiger partial charge in [-0.05, 0) is 36.4 Å². The average Bonchev–Trinajstić information content (AvgIpc) is 3.51. The van der Waals surface area contributed by atoms with Crippen molar-refractivity contribution in [2.24, 2.45) is 5.73 Å². The number of aromatic amines is 1. The van der Waals surface area contributed by atoms with Crippen LogP contribution in [0, 0.1) is 0 Å². The second kappa shape index (κ2) is 8.91. The number of carbonyl (C=O) groups excluding carboxylic acids is 2. The summed E-state index contributed by atoms with van der Waals surface area (Å²) in [6, 6.07) is 12.4.